The van der Waals surface area contributed by atoms with Gasteiger partial charge >= 0.3 is 6.18 Å². The highest BCUT2D eigenvalue weighted by molar-refractivity contribution is 6.30. The topological polar surface area (TPSA) is 68.2 Å². The number of nitrogens with zero attached hydrogens (tertiary/aromatic N) is 4. The van der Waals surface area contributed by atoms with Crippen LogP contribution in [-0.2, 0) is 13.1 Å². The van der Waals surface area contributed by atoms with Crippen molar-refractivity contribution in [1.82, 2.24) is 20.1 Å². The molecule has 1 aliphatic rings. The number of alkyl halides is 3. The number of ether oxygens (including phenoxy) is 1. The van der Waals surface area contributed by atoms with Gasteiger partial charge in [0.05, 0.1) is 18.8 Å². The fourth-order valence-electron chi connectivity index (χ4n) is 2.47. The molecule has 132 valence electrons. The van der Waals surface area contributed by atoms with E-state index in [9.17, 15) is 18.0 Å². The number of aromatic nitrogens is 3. The third-order valence-electron chi connectivity index (χ3n) is 3.58. The normalized spacial score (nSPS) is 14.0. The zero-order chi connectivity index (χ0) is 18.2. The molecule has 2 aromatic heterocycles. The van der Waals surface area contributed by atoms with Gasteiger partial charge < -0.3 is 9.64 Å². The average molecular weight is 373 g/mol. The lowest BCUT2D eigenvalue weighted by Gasteiger charge is -2.15. The molecular formula is C15H12ClF3N4O2. The van der Waals surface area contributed by atoms with Crippen molar-refractivity contribution in [3.8, 4) is 5.88 Å². The van der Waals surface area contributed by atoms with Crippen LogP contribution in [0.1, 0.15) is 27.2 Å². The zero-order valence-corrected chi connectivity index (χ0v) is 13.7. The molecule has 1 aliphatic heterocycles. The number of hydrogen-bond acceptors (Lipinski definition) is 5. The lowest BCUT2D eigenvalue weighted by atomic mass is 10.2. The average Bonchev–Trinajstić information content (AvgIpc) is 2.84. The van der Waals surface area contributed by atoms with E-state index in [0.29, 0.717) is 22.4 Å². The monoisotopic (exact) mass is 372 g/mol. The van der Waals surface area contributed by atoms with Crippen molar-refractivity contribution in [3.05, 3.63) is 45.9 Å². The summed E-state index contributed by atoms with van der Waals surface area (Å²) < 4.78 is 41.2. The number of aryl methyl sites for hydroxylation is 1. The van der Waals surface area contributed by atoms with Gasteiger partial charge in [0.25, 0.3) is 5.91 Å². The molecular weight excluding hydrogens is 361 g/mol. The molecule has 0 N–H and O–H groups in total. The molecule has 0 unspecified atom stereocenters. The van der Waals surface area contributed by atoms with Gasteiger partial charge in [-0.3, -0.25) is 4.79 Å². The van der Waals surface area contributed by atoms with Crippen LogP contribution >= 0.6 is 11.6 Å². The van der Waals surface area contributed by atoms with E-state index in [2.05, 4.69) is 19.9 Å². The summed E-state index contributed by atoms with van der Waals surface area (Å²) >= 11 is 5.99. The highest BCUT2D eigenvalue weighted by atomic mass is 35.5. The Hall–Kier alpha value is -2.42. The largest absolute Gasteiger partial charge is 0.467 e. The Bertz CT molecular complexity index is 829. The van der Waals surface area contributed by atoms with Crippen LogP contribution < -0.4 is 4.74 Å². The molecule has 3 heterocycles. The Morgan fingerprint density at radius 1 is 1.36 bits per heavy atom. The quantitative estimate of drug-likeness (QED) is 0.772. The molecule has 0 spiro atoms. The predicted molar refractivity (Wildman–Crippen MR) is 81.1 cm³/mol. The number of rotatable bonds is 4. The van der Waals surface area contributed by atoms with E-state index >= 15 is 0 Å². The minimum Gasteiger partial charge on any atom is -0.467 e. The van der Waals surface area contributed by atoms with Crippen LogP contribution in [-0.4, -0.2) is 38.8 Å². The first kappa shape index (κ1) is 17.4. The fraction of sp³-hybridized carbons (Fsp3) is 0.333. The Labute approximate surface area is 145 Å². The summed E-state index contributed by atoms with van der Waals surface area (Å²) in [5.74, 6) is -0.402. The van der Waals surface area contributed by atoms with E-state index in [-0.39, 0.29) is 30.0 Å². The molecule has 0 atom stereocenters. The van der Waals surface area contributed by atoms with Crippen LogP contribution in [0.3, 0.4) is 0 Å². The first-order valence-corrected chi connectivity index (χ1v) is 7.58. The minimum absolute atomic E-state index is 0.150. The highest BCUT2D eigenvalue weighted by Gasteiger charge is 2.31. The second-order valence-electron chi connectivity index (χ2n) is 5.52. The number of halogens is 4. The number of carbonyl (C=O) groups excluding carboxylic acids is 1. The Morgan fingerprint density at radius 2 is 2.12 bits per heavy atom. The molecule has 0 saturated carbocycles. The molecule has 3 rings (SSSR count). The van der Waals surface area contributed by atoms with Crippen molar-refractivity contribution in [2.45, 2.75) is 26.2 Å². The number of pyridine rings is 1. The van der Waals surface area contributed by atoms with Crippen LogP contribution in [0.2, 0.25) is 5.15 Å². The van der Waals surface area contributed by atoms with Gasteiger partial charge in [0.1, 0.15) is 5.15 Å². The van der Waals surface area contributed by atoms with E-state index in [1.165, 1.54) is 17.2 Å². The van der Waals surface area contributed by atoms with Crippen LogP contribution in [0.15, 0.2) is 18.3 Å². The summed E-state index contributed by atoms with van der Waals surface area (Å²) in [5.41, 5.74) is 1.96. The standard InChI is InChI=1S/C15H12ClF3N4O2/c1-8-4-9(21-22-13(8)25-7-15(17,18)19)5-23-6-11-10(14(23)24)2-3-20-12(11)16/h2-4H,5-7H2,1H3. The number of hydrogen-bond donors (Lipinski definition) is 0. The highest BCUT2D eigenvalue weighted by Crippen LogP contribution is 2.28. The molecule has 0 aromatic carbocycles. The lowest BCUT2D eigenvalue weighted by Crippen LogP contribution is -2.24. The maximum absolute atomic E-state index is 12.4. The van der Waals surface area contributed by atoms with E-state index in [4.69, 9.17) is 11.6 Å². The smallest absolute Gasteiger partial charge is 0.422 e. The van der Waals surface area contributed by atoms with E-state index in [0.717, 1.165) is 0 Å². The predicted octanol–water partition coefficient (Wildman–Crippen LogP) is 2.93. The van der Waals surface area contributed by atoms with Crippen molar-refractivity contribution in [2.24, 2.45) is 0 Å². The van der Waals surface area contributed by atoms with E-state index < -0.39 is 12.8 Å². The van der Waals surface area contributed by atoms with Gasteiger partial charge in [-0.05, 0) is 19.1 Å². The van der Waals surface area contributed by atoms with E-state index in [1.807, 2.05) is 0 Å². The Balaban J connectivity index is 1.71. The summed E-state index contributed by atoms with van der Waals surface area (Å²) in [6.07, 6.45) is -2.99. The number of amides is 1. The SMILES string of the molecule is Cc1cc(CN2Cc3c(ccnc3Cl)C2=O)nnc1OCC(F)(F)F. The number of fused-ring (bicyclic) bond motifs is 1. The van der Waals surface area contributed by atoms with Crippen molar-refractivity contribution in [1.29, 1.82) is 0 Å². The van der Waals surface area contributed by atoms with Crippen molar-refractivity contribution in [3.63, 3.8) is 0 Å². The lowest BCUT2D eigenvalue weighted by molar-refractivity contribution is -0.154. The fourth-order valence-corrected chi connectivity index (χ4v) is 2.69. The minimum atomic E-state index is -4.45. The first-order valence-electron chi connectivity index (χ1n) is 7.20. The second kappa shape index (κ2) is 6.47. The van der Waals surface area contributed by atoms with Crippen LogP contribution in [0, 0.1) is 6.92 Å². The van der Waals surface area contributed by atoms with Crippen LogP contribution in [0.4, 0.5) is 13.2 Å². The van der Waals surface area contributed by atoms with Gasteiger partial charge in [-0.15, -0.1) is 10.2 Å². The Kier molecular flexibility index (Phi) is 4.51. The molecule has 6 nitrogen and oxygen atoms in total. The summed E-state index contributed by atoms with van der Waals surface area (Å²) in [6.45, 7) is 0.559. The molecule has 1 amide bonds. The van der Waals surface area contributed by atoms with Crippen molar-refractivity contribution in [2.75, 3.05) is 6.61 Å². The molecule has 10 heteroatoms. The van der Waals surface area contributed by atoms with Gasteiger partial charge in [0.2, 0.25) is 5.88 Å². The van der Waals surface area contributed by atoms with Crippen molar-refractivity contribution < 1.29 is 22.7 Å². The van der Waals surface area contributed by atoms with Gasteiger partial charge in [0.15, 0.2) is 6.61 Å². The Morgan fingerprint density at radius 3 is 2.76 bits per heavy atom. The summed E-state index contributed by atoms with van der Waals surface area (Å²) in [4.78, 5) is 17.8. The summed E-state index contributed by atoms with van der Waals surface area (Å²) in [5, 5.41) is 7.77. The van der Waals surface area contributed by atoms with Crippen LogP contribution in [0.5, 0.6) is 5.88 Å². The van der Waals surface area contributed by atoms with Gasteiger partial charge in [-0.1, -0.05) is 11.6 Å². The maximum Gasteiger partial charge on any atom is 0.422 e. The van der Waals surface area contributed by atoms with Crippen molar-refractivity contribution >= 4 is 17.5 Å². The molecule has 0 fully saturated rings. The van der Waals surface area contributed by atoms with Gasteiger partial charge in [-0.2, -0.15) is 13.2 Å². The molecule has 2 aromatic rings. The summed E-state index contributed by atoms with van der Waals surface area (Å²) in [7, 11) is 0. The van der Waals surface area contributed by atoms with Crippen LogP contribution in [0.25, 0.3) is 0 Å². The molecule has 0 aliphatic carbocycles. The third kappa shape index (κ3) is 3.81. The summed E-state index contributed by atoms with van der Waals surface area (Å²) in [6, 6.07) is 3.13. The second-order valence-corrected chi connectivity index (χ2v) is 5.87. The first-order chi connectivity index (χ1) is 11.7. The molecule has 25 heavy (non-hydrogen) atoms. The molecule has 0 radical (unpaired) electrons. The third-order valence-corrected chi connectivity index (χ3v) is 3.91. The molecule has 0 saturated heterocycles. The van der Waals surface area contributed by atoms with Gasteiger partial charge in [0, 0.05) is 22.9 Å². The zero-order valence-electron chi connectivity index (χ0n) is 13.0. The van der Waals surface area contributed by atoms with Gasteiger partial charge in [-0.25, -0.2) is 4.98 Å². The maximum atomic E-state index is 12.4. The van der Waals surface area contributed by atoms with E-state index in [1.54, 1.807) is 13.0 Å². The number of carbonyl (C=O) groups is 1. The molecule has 0 bridgehead atoms.